The zero-order valence-electron chi connectivity index (χ0n) is 22.4. The molecule has 1 unspecified atom stereocenters. The quantitative estimate of drug-likeness (QED) is 0.328. The Morgan fingerprint density at radius 1 is 1.10 bits per heavy atom. The molecule has 3 aromatic rings. The average molecular weight is 535 g/mol. The second-order valence-corrected chi connectivity index (χ2v) is 9.78. The maximum atomic E-state index is 13.5. The van der Waals surface area contributed by atoms with Crippen molar-refractivity contribution < 1.29 is 28.7 Å². The minimum Gasteiger partial charge on any atom is -0.496 e. The maximum Gasteiger partial charge on any atom is 0.268 e. The second kappa shape index (κ2) is 12.5. The van der Waals surface area contributed by atoms with Crippen LogP contribution in [0.2, 0.25) is 0 Å². The Morgan fingerprint density at radius 2 is 1.87 bits per heavy atom. The van der Waals surface area contributed by atoms with Crippen LogP contribution in [0.1, 0.15) is 37.2 Å². The summed E-state index contributed by atoms with van der Waals surface area (Å²) >= 11 is 0. The van der Waals surface area contributed by atoms with Crippen molar-refractivity contribution in [2.24, 2.45) is 5.92 Å². The molecule has 0 aliphatic carbocycles. The molecular weight excluding hydrogens is 500 g/mol. The highest BCUT2D eigenvalue weighted by Crippen LogP contribution is 2.26. The van der Waals surface area contributed by atoms with Gasteiger partial charge in [0, 0.05) is 29.4 Å². The van der Waals surface area contributed by atoms with Gasteiger partial charge in [0.25, 0.3) is 5.91 Å². The van der Waals surface area contributed by atoms with Crippen molar-refractivity contribution in [2.75, 3.05) is 26.8 Å². The number of fused-ring (bicyclic) bond motifs is 1. The van der Waals surface area contributed by atoms with Crippen molar-refractivity contribution >= 4 is 34.4 Å². The Morgan fingerprint density at radius 3 is 2.54 bits per heavy atom. The van der Waals surface area contributed by atoms with Crippen LogP contribution in [0.5, 0.6) is 11.5 Å². The van der Waals surface area contributed by atoms with Gasteiger partial charge >= 0.3 is 0 Å². The van der Waals surface area contributed by atoms with E-state index in [4.69, 9.17) is 9.47 Å². The van der Waals surface area contributed by atoms with E-state index in [2.05, 4.69) is 15.6 Å². The Bertz CT molecular complexity index is 1340. The van der Waals surface area contributed by atoms with Crippen LogP contribution in [-0.4, -0.2) is 72.3 Å². The molecule has 1 aliphatic heterocycles. The monoisotopic (exact) mass is 534 g/mol. The first-order valence-corrected chi connectivity index (χ1v) is 13.0. The van der Waals surface area contributed by atoms with Gasteiger partial charge < -0.3 is 30.0 Å². The number of methoxy groups -OCH3 is 1. The van der Waals surface area contributed by atoms with E-state index in [1.165, 1.54) is 4.90 Å². The summed E-state index contributed by atoms with van der Waals surface area (Å²) in [5, 5.41) is 6.20. The Balaban J connectivity index is 1.48. The number of Topliss-reactive ketones (excluding diaryl/α,β-unsaturated/α-hetero) is 1. The number of carbonyl (C=O) groups is 4. The van der Waals surface area contributed by atoms with Gasteiger partial charge in [0.05, 0.1) is 19.7 Å². The largest absolute Gasteiger partial charge is 0.496 e. The topological polar surface area (TPSA) is 130 Å². The van der Waals surface area contributed by atoms with Crippen molar-refractivity contribution in [1.29, 1.82) is 0 Å². The number of rotatable bonds is 12. The number of nitrogens with one attached hydrogen (secondary N) is 3. The molecule has 0 bridgehead atoms. The highest BCUT2D eigenvalue weighted by molar-refractivity contribution is 6.01. The fraction of sp³-hybridized carbons (Fsp3) is 0.379. The average Bonchev–Trinajstić information content (AvgIpc) is 3.56. The standard InChI is InChI=1S/C29H34N4O6/c1-18(2)33(27(35)16-31-29(37)23-15-21-22(32-23)10-7-11-26(21)38-3)24(14-19-12-13-30-28(19)36)25(34)17-39-20-8-5-4-6-9-20/h4-11,15,18-19,24,32H,12-14,16-17H2,1-3H3,(H,30,36)(H,31,37)/t19-,24?/m0/s1. The molecule has 0 saturated carbocycles. The van der Waals surface area contributed by atoms with E-state index in [0.717, 1.165) is 10.9 Å². The number of aromatic amines is 1. The molecule has 0 radical (unpaired) electrons. The van der Waals surface area contributed by atoms with Gasteiger partial charge in [0.15, 0.2) is 5.78 Å². The number of carbonyl (C=O) groups excluding carboxylic acids is 4. The van der Waals surface area contributed by atoms with Gasteiger partial charge in [-0.25, -0.2) is 0 Å². The number of nitrogens with zero attached hydrogens (tertiary/aromatic N) is 1. The molecule has 2 aromatic carbocycles. The summed E-state index contributed by atoms with van der Waals surface area (Å²) in [7, 11) is 1.55. The number of amides is 3. The van der Waals surface area contributed by atoms with E-state index < -0.39 is 17.9 Å². The summed E-state index contributed by atoms with van der Waals surface area (Å²) in [6.07, 6.45) is 0.769. The molecule has 39 heavy (non-hydrogen) atoms. The predicted octanol–water partition coefficient (Wildman–Crippen LogP) is 2.69. The zero-order chi connectivity index (χ0) is 27.9. The van der Waals surface area contributed by atoms with Gasteiger partial charge in [-0.3, -0.25) is 19.2 Å². The number of H-pyrrole nitrogens is 1. The molecule has 10 heteroatoms. The van der Waals surface area contributed by atoms with E-state index in [1.54, 1.807) is 57.4 Å². The normalized spacial score (nSPS) is 15.6. The van der Waals surface area contributed by atoms with Gasteiger partial charge in [-0.15, -0.1) is 0 Å². The van der Waals surface area contributed by atoms with E-state index in [-0.39, 0.29) is 48.9 Å². The number of hydrogen-bond donors (Lipinski definition) is 3. The summed E-state index contributed by atoms with van der Waals surface area (Å²) in [6, 6.07) is 14.8. The predicted molar refractivity (Wildman–Crippen MR) is 146 cm³/mol. The van der Waals surface area contributed by atoms with Crippen LogP contribution in [0, 0.1) is 5.92 Å². The molecular formula is C29H34N4O6. The molecule has 206 valence electrons. The van der Waals surface area contributed by atoms with Crippen LogP contribution in [0.4, 0.5) is 0 Å². The lowest BCUT2D eigenvalue weighted by Crippen LogP contribution is -2.54. The molecule has 1 saturated heterocycles. The summed E-state index contributed by atoms with van der Waals surface area (Å²) in [5.74, 6) is -0.558. The van der Waals surface area contributed by atoms with E-state index in [0.29, 0.717) is 24.5 Å². The summed E-state index contributed by atoms with van der Waals surface area (Å²) < 4.78 is 11.0. The van der Waals surface area contributed by atoms with E-state index in [1.807, 2.05) is 18.2 Å². The number of aromatic nitrogens is 1. The minimum atomic E-state index is -0.885. The van der Waals surface area contributed by atoms with Crippen LogP contribution in [-0.2, 0) is 14.4 Å². The third-order valence-electron chi connectivity index (χ3n) is 6.84. The van der Waals surface area contributed by atoms with Crippen LogP contribution in [0.25, 0.3) is 10.9 Å². The molecule has 10 nitrogen and oxygen atoms in total. The van der Waals surface area contributed by atoms with Gasteiger partial charge in [-0.2, -0.15) is 0 Å². The first-order valence-electron chi connectivity index (χ1n) is 13.0. The Labute approximate surface area is 227 Å². The lowest BCUT2D eigenvalue weighted by atomic mass is 9.93. The number of ketones is 1. The third kappa shape index (κ3) is 6.57. The fourth-order valence-electron chi connectivity index (χ4n) is 4.90. The van der Waals surface area contributed by atoms with Gasteiger partial charge in [-0.1, -0.05) is 24.3 Å². The minimum absolute atomic E-state index is 0.129. The second-order valence-electron chi connectivity index (χ2n) is 9.78. The number of ether oxygens (including phenoxy) is 2. The molecule has 3 N–H and O–H groups in total. The molecule has 1 fully saturated rings. The van der Waals surface area contributed by atoms with Crippen molar-refractivity contribution in [1.82, 2.24) is 20.5 Å². The highest BCUT2D eigenvalue weighted by Gasteiger charge is 2.37. The lowest BCUT2D eigenvalue weighted by molar-refractivity contribution is -0.143. The van der Waals surface area contributed by atoms with Gasteiger partial charge in [-0.05, 0) is 57.0 Å². The summed E-state index contributed by atoms with van der Waals surface area (Å²) in [5.41, 5.74) is 1.01. The summed E-state index contributed by atoms with van der Waals surface area (Å²) in [6.45, 7) is 3.58. The molecule has 1 aliphatic rings. The van der Waals surface area contributed by atoms with Crippen molar-refractivity contribution in [3.8, 4) is 11.5 Å². The summed E-state index contributed by atoms with van der Waals surface area (Å²) in [4.78, 5) is 56.6. The molecule has 1 aromatic heterocycles. The maximum absolute atomic E-state index is 13.5. The van der Waals surface area contributed by atoms with E-state index in [9.17, 15) is 19.2 Å². The fourth-order valence-corrected chi connectivity index (χ4v) is 4.90. The number of para-hydroxylation sites is 1. The zero-order valence-corrected chi connectivity index (χ0v) is 22.4. The first kappa shape index (κ1) is 27.7. The van der Waals surface area contributed by atoms with Gasteiger partial charge in [0.1, 0.15) is 23.8 Å². The molecule has 2 atom stereocenters. The molecule has 2 heterocycles. The van der Waals surface area contributed by atoms with Crippen LogP contribution >= 0.6 is 0 Å². The number of hydrogen-bond acceptors (Lipinski definition) is 6. The SMILES string of the molecule is COc1cccc2[nH]c(C(=O)NCC(=O)N(C(C)C)C(C[C@@H]3CCNC3=O)C(=O)COc3ccccc3)cc12. The molecule has 4 rings (SSSR count). The van der Waals surface area contributed by atoms with Crippen molar-refractivity contribution in [3.63, 3.8) is 0 Å². The van der Waals surface area contributed by atoms with E-state index >= 15 is 0 Å². The number of benzene rings is 2. The van der Waals surface area contributed by atoms with Crippen molar-refractivity contribution in [3.05, 3.63) is 60.3 Å². The third-order valence-corrected chi connectivity index (χ3v) is 6.84. The lowest BCUT2D eigenvalue weighted by Gasteiger charge is -2.35. The van der Waals surface area contributed by atoms with Gasteiger partial charge in [0.2, 0.25) is 11.8 Å². The van der Waals surface area contributed by atoms with Crippen molar-refractivity contribution in [2.45, 2.75) is 38.8 Å². The van der Waals surface area contributed by atoms with Crippen LogP contribution in [0.3, 0.4) is 0 Å². The highest BCUT2D eigenvalue weighted by atomic mass is 16.5. The molecule has 3 amide bonds. The Hall–Kier alpha value is -4.34. The van der Waals surface area contributed by atoms with Crippen LogP contribution < -0.4 is 20.1 Å². The smallest absolute Gasteiger partial charge is 0.268 e. The van der Waals surface area contributed by atoms with Crippen LogP contribution in [0.15, 0.2) is 54.6 Å². The molecule has 0 spiro atoms. The first-order chi connectivity index (χ1) is 18.8. The Kier molecular flexibility index (Phi) is 8.85.